The van der Waals surface area contributed by atoms with Gasteiger partial charge in [0.25, 0.3) is 0 Å². The van der Waals surface area contributed by atoms with E-state index in [4.69, 9.17) is 0 Å². The van der Waals surface area contributed by atoms with E-state index in [-0.39, 0.29) is 0 Å². The SMILES string of the molecule is CC(O)(CC1CC1)c1cccc2ccccc12. The van der Waals surface area contributed by atoms with Gasteiger partial charge in [-0.25, -0.2) is 0 Å². The first-order valence-corrected chi connectivity index (χ1v) is 6.37. The van der Waals surface area contributed by atoms with Crippen LogP contribution in [0, 0.1) is 5.92 Å². The summed E-state index contributed by atoms with van der Waals surface area (Å²) in [5.41, 5.74) is 0.379. The predicted octanol–water partition coefficient (Wildman–Crippen LogP) is 3.85. The monoisotopic (exact) mass is 226 g/mol. The van der Waals surface area contributed by atoms with Crippen LogP contribution in [0.2, 0.25) is 0 Å². The summed E-state index contributed by atoms with van der Waals surface area (Å²) in [5, 5.41) is 13.1. The van der Waals surface area contributed by atoms with Gasteiger partial charge < -0.3 is 5.11 Å². The second-order valence-corrected chi connectivity index (χ2v) is 5.45. The molecule has 1 atom stereocenters. The zero-order valence-corrected chi connectivity index (χ0v) is 10.2. The summed E-state index contributed by atoms with van der Waals surface area (Å²) in [4.78, 5) is 0. The second-order valence-electron chi connectivity index (χ2n) is 5.45. The van der Waals surface area contributed by atoms with Gasteiger partial charge in [0.2, 0.25) is 0 Å². The van der Waals surface area contributed by atoms with Crippen molar-refractivity contribution < 1.29 is 5.11 Å². The fourth-order valence-corrected chi connectivity index (χ4v) is 2.69. The molecule has 2 aromatic carbocycles. The Labute approximate surface area is 102 Å². The number of hydrogen-bond acceptors (Lipinski definition) is 1. The molecule has 3 rings (SSSR count). The van der Waals surface area contributed by atoms with Crippen molar-refractivity contribution >= 4 is 10.8 Å². The Morgan fingerprint density at radius 2 is 1.82 bits per heavy atom. The number of hydrogen-bond donors (Lipinski definition) is 1. The molecule has 0 bridgehead atoms. The summed E-state index contributed by atoms with van der Waals surface area (Å²) >= 11 is 0. The van der Waals surface area contributed by atoms with Crippen molar-refractivity contribution in [2.24, 2.45) is 5.92 Å². The fraction of sp³-hybridized carbons (Fsp3) is 0.375. The third kappa shape index (κ3) is 2.07. The van der Waals surface area contributed by atoms with Crippen molar-refractivity contribution in [3.05, 3.63) is 48.0 Å². The van der Waals surface area contributed by atoms with Gasteiger partial charge in [-0.3, -0.25) is 0 Å². The third-order valence-corrected chi connectivity index (χ3v) is 3.75. The van der Waals surface area contributed by atoms with Gasteiger partial charge in [0.15, 0.2) is 0 Å². The molecule has 1 fully saturated rings. The zero-order chi connectivity index (χ0) is 11.9. The maximum absolute atomic E-state index is 10.7. The maximum Gasteiger partial charge on any atom is 0.0877 e. The minimum Gasteiger partial charge on any atom is -0.385 e. The Bertz CT molecular complexity index is 533. The molecule has 0 heterocycles. The molecule has 1 unspecified atom stereocenters. The molecule has 2 aromatic rings. The van der Waals surface area contributed by atoms with Crippen molar-refractivity contribution in [3.8, 4) is 0 Å². The standard InChI is InChI=1S/C16H18O/c1-16(17,11-12-9-10-12)15-8-4-6-13-5-2-3-7-14(13)15/h2-8,12,17H,9-11H2,1H3. The van der Waals surface area contributed by atoms with E-state index >= 15 is 0 Å². The summed E-state index contributed by atoms with van der Waals surface area (Å²) in [5.74, 6) is 0.726. The highest BCUT2D eigenvalue weighted by atomic mass is 16.3. The van der Waals surface area contributed by atoms with Crippen LogP contribution in [-0.2, 0) is 5.60 Å². The van der Waals surface area contributed by atoms with Crippen LogP contribution in [0.4, 0.5) is 0 Å². The van der Waals surface area contributed by atoms with E-state index < -0.39 is 5.60 Å². The first-order valence-electron chi connectivity index (χ1n) is 6.37. The van der Waals surface area contributed by atoms with E-state index in [1.807, 2.05) is 25.1 Å². The number of fused-ring (bicyclic) bond motifs is 1. The van der Waals surface area contributed by atoms with Gasteiger partial charge in [0.1, 0.15) is 0 Å². The van der Waals surface area contributed by atoms with Gasteiger partial charge in [-0.15, -0.1) is 0 Å². The molecule has 1 aliphatic carbocycles. The van der Waals surface area contributed by atoms with Crippen LogP contribution in [0.15, 0.2) is 42.5 Å². The lowest BCUT2D eigenvalue weighted by Crippen LogP contribution is -2.22. The van der Waals surface area contributed by atoms with E-state index in [1.54, 1.807) is 0 Å². The van der Waals surface area contributed by atoms with E-state index in [9.17, 15) is 5.11 Å². The second kappa shape index (κ2) is 3.85. The average Bonchev–Trinajstić information content (AvgIpc) is 3.11. The lowest BCUT2D eigenvalue weighted by atomic mass is 9.87. The Hall–Kier alpha value is -1.34. The molecule has 0 aliphatic heterocycles. The molecule has 1 nitrogen and oxygen atoms in total. The zero-order valence-electron chi connectivity index (χ0n) is 10.2. The van der Waals surface area contributed by atoms with E-state index in [0.717, 1.165) is 17.9 Å². The molecular formula is C16H18O. The van der Waals surface area contributed by atoms with Crippen molar-refractivity contribution in [2.75, 3.05) is 0 Å². The van der Waals surface area contributed by atoms with E-state index in [2.05, 4.69) is 24.3 Å². The van der Waals surface area contributed by atoms with E-state index in [1.165, 1.54) is 23.6 Å². The molecule has 1 heteroatoms. The summed E-state index contributed by atoms with van der Waals surface area (Å²) < 4.78 is 0. The van der Waals surface area contributed by atoms with Gasteiger partial charge in [-0.2, -0.15) is 0 Å². The first-order chi connectivity index (χ1) is 8.17. The molecule has 1 saturated carbocycles. The number of aliphatic hydroxyl groups is 1. The van der Waals surface area contributed by atoms with Crippen LogP contribution >= 0.6 is 0 Å². The van der Waals surface area contributed by atoms with E-state index in [0.29, 0.717) is 0 Å². The molecule has 1 aliphatic rings. The summed E-state index contributed by atoms with van der Waals surface area (Å²) in [7, 11) is 0. The molecule has 0 saturated heterocycles. The average molecular weight is 226 g/mol. The Morgan fingerprint density at radius 1 is 1.12 bits per heavy atom. The molecule has 88 valence electrons. The largest absolute Gasteiger partial charge is 0.385 e. The number of rotatable bonds is 3. The van der Waals surface area contributed by atoms with Crippen molar-refractivity contribution in [2.45, 2.75) is 31.8 Å². The molecule has 0 spiro atoms. The minimum absolute atomic E-state index is 0.692. The first kappa shape index (κ1) is 10.8. The molecule has 0 aromatic heterocycles. The number of benzene rings is 2. The van der Waals surface area contributed by atoms with Gasteiger partial charge in [0, 0.05) is 0 Å². The van der Waals surface area contributed by atoms with Crippen LogP contribution in [0.3, 0.4) is 0 Å². The Morgan fingerprint density at radius 3 is 2.59 bits per heavy atom. The van der Waals surface area contributed by atoms with Crippen LogP contribution in [0.5, 0.6) is 0 Å². The molecule has 1 N–H and O–H groups in total. The highest BCUT2D eigenvalue weighted by Gasteiger charge is 2.33. The quantitative estimate of drug-likeness (QED) is 0.843. The Kier molecular flexibility index (Phi) is 2.44. The molecule has 0 radical (unpaired) electrons. The smallest absolute Gasteiger partial charge is 0.0877 e. The van der Waals surface area contributed by atoms with Gasteiger partial charge in [-0.1, -0.05) is 55.3 Å². The van der Waals surface area contributed by atoms with Gasteiger partial charge in [0.05, 0.1) is 5.60 Å². The minimum atomic E-state index is -0.692. The van der Waals surface area contributed by atoms with Gasteiger partial charge >= 0.3 is 0 Å². The van der Waals surface area contributed by atoms with Gasteiger partial charge in [-0.05, 0) is 35.6 Å². The third-order valence-electron chi connectivity index (χ3n) is 3.75. The maximum atomic E-state index is 10.7. The van der Waals surface area contributed by atoms with Crippen molar-refractivity contribution in [1.29, 1.82) is 0 Å². The molecule has 0 amide bonds. The van der Waals surface area contributed by atoms with Crippen molar-refractivity contribution in [1.82, 2.24) is 0 Å². The Balaban J connectivity index is 2.09. The molecular weight excluding hydrogens is 208 g/mol. The fourth-order valence-electron chi connectivity index (χ4n) is 2.69. The summed E-state index contributed by atoms with van der Waals surface area (Å²) in [6, 6.07) is 14.5. The summed E-state index contributed by atoms with van der Waals surface area (Å²) in [6.07, 6.45) is 3.45. The van der Waals surface area contributed by atoms with Crippen LogP contribution in [-0.4, -0.2) is 5.11 Å². The topological polar surface area (TPSA) is 20.2 Å². The van der Waals surface area contributed by atoms with Crippen LogP contribution in [0.1, 0.15) is 31.7 Å². The lowest BCUT2D eigenvalue weighted by Gasteiger charge is -2.25. The van der Waals surface area contributed by atoms with Crippen LogP contribution in [0.25, 0.3) is 10.8 Å². The summed E-state index contributed by atoms with van der Waals surface area (Å²) in [6.45, 7) is 1.95. The highest BCUT2D eigenvalue weighted by molar-refractivity contribution is 5.86. The normalized spacial score (nSPS) is 19.2. The van der Waals surface area contributed by atoms with Crippen LogP contribution < -0.4 is 0 Å². The van der Waals surface area contributed by atoms with Crippen molar-refractivity contribution in [3.63, 3.8) is 0 Å². The lowest BCUT2D eigenvalue weighted by molar-refractivity contribution is 0.0433. The molecule has 17 heavy (non-hydrogen) atoms. The highest BCUT2D eigenvalue weighted by Crippen LogP contribution is 2.42. The predicted molar refractivity (Wildman–Crippen MR) is 70.9 cm³/mol.